The van der Waals surface area contributed by atoms with E-state index in [-0.39, 0.29) is 17.0 Å². The van der Waals surface area contributed by atoms with Crippen molar-refractivity contribution in [3.8, 4) is 33.0 Å². The van der Waals surface area contributed by atoms with Crippen LogP contribution in [0.25, 0.3) is 54.9 Å². The van der Waals surface area contributed by atoms with Gasteiger partial charge in [0.05, 0.1) is 23.1 Å². The van der Waals surface area contributed by atoms with Crippen LogP contribution in [0.5, 0.6) is 0 Å². The van der Waals surface area contributed by atoms with Crippen molar-refractivity contribution in [1.29, 1.82) is 0 Å². The normalized spacial score (nSPS) is 13.5. The smallest absolute Gasteiger partial charge is 0.227 e. The van der Waals surface area contributed by atoms with Gasteiger partial charge in [0.1, 0.15) is 11.3 Å². The molecule has 0 spiro atoms. The van der Waals surface area contributed by atoms with Crippen LogP contribution in [0.3, 0.4) is 0 Å². The summed E-state index contributed by atoms with van der Waals surface area (Å²) in [6.45, 7) is 0. The Morgan fingerprint density at radius 1 is 1.03 bits per heavy atom. The second kappa shape index (κ2) is 8.10. The molecular weight excluding hydrogens is 475 g/mol. The van der Waals surface area contributed by atoms with Crippen molar-refractivity contribution in [2.24, 2.45) is 5.92 Å². The SMILES string of the molecule is O=C(Nc1cncc(-c2ccc3[nH]nc(-c4cc5c(-c6ccc(F)s6)ccnc5[nH]4)c3c2)c1)C1CC1. The summed E-state index contributed by atoms with van der Waals surface area (Å²) in [5.74, 6) is 0.183. The molecule has 0 aliphatic heterocycles. The van der Waals surface area contributed by atoms with Crippen molar-refractivity contribution in [3.63, 3.8) is 0 Å². The lowest BCUT2D eigenvalue weighted by Gasteiger charge is -2.07. The molecule has 1 saturated carbocycles. The zero-order chi connectivity index (χ0) is 24.2. The molecule has 0 radical (unpaired) electrons. The van der Waals surface area contributed by atoms with E-state index in [0.29, 0.717) is 11.3 Å². The Bertz CT molecular complexity index is 1780. The first-order valence-electron chi connectivity index (χ1n) is 11.6. The first-order valence-corrected chi connectivity index (χ1v) is 12.4. The lowest BCUT2D eigenvalue weighted by molar-refractivity contribution is -0.117. The minimum Gasteiger partial charge on any atom is -0.338 e. The van der Waals surface area contributed by atoms with Gasteiger partial charge in [0.25, 0.3) is 0 Å². The van der Waals surface area contributed by atoms with E-state index in [9.17, 15) is 9.18 Å². The van der Waals surface area contributed by atoms with Crippen molar-refractivity contribution < 1.29 is 9.18 Å². The van der Waals surface area contributed by atoms with Crippen LogP contribution in [0.15, 0.2) is 67.1 Å². The molecular formula is C27H19FN6OS. The standard InChI is InChI=1S/C27H19FN6OS/c28-24-6-5-23(36-24)18-7-8-30-26-19(18)11-22(32-26)25-20-10-15(3-4-21(20)33-34-25)16-9-17(13-29-12-16)31-27(35)14-1-2-14/h3-14H,1-2H2,(H,30,32)(H,31,35)(H,33,34). The number of pyridine rings is 2. The summed E-state index contributed by atoms with van der Waals surface area (Å²) in [6.07, 6.45) is 7.08. The van der Waals surface area contributed by atoms with Gasteiger partial charge in [0.2, 0.25) is 5.91 Å². The van der Waals surface area contributed by atoms with Gasteiger partial charge in [0, 0.05) is 45.1 Å². The van der Waals surface area contributed by atoms with Crippen molar-refractivity contribution in [3.05, 3.63) is 72.3 Å². The fourth-order valence-electron chi connectivity index (χ4n) is 4.48. The molecule has 0 atom stereocenters. The van der Waals surface area contributed by atoms with Gasteiger partial charge in [0.15, 0.2) is 5.13 Å². The number of hydrogen-bond acceptors (Lipinski definition) is 5. The predicted molar refractivity (Wildman–Crippen MR) is 139 cm³/mol. The number of aromatic nitrogens is 5. The molecule has 3 N–H and O–H groups in total. The average Bonchev–Trinajstić information content (AvgIpc) is 3.30. The van der Waals surface area contributed by atoms with E-state index in [1.54, 1.807) is 24.7 Å². The van der Waals surface area contributed by atoms with Gasteiger partial charge < -0.3 is 10.3 Å². The molecule has 1 aromatic carbocycles. The number of carbonyl (C=O) groups is 1. The monoisotopic (exact) mass is 494 g/mol. The van der Waals surface area contributed by atoms with Crippen molar-refractivity contribution in [2.75, 3.05) is 5.32 Å². The number of benzene rings is 1. The fraction of sp³-hybridized carbons (Fsp3) is 0.111. The summed E-state index contributed by atoms with van der Waals surface area (Å²) >= 11 is 1.11. The molecule has 0 unspecified atom stereocenters. The number of hydrogen-bond donors (Lipinski definition) is 3. The Labute approximate surface area is 208 Å². The number of H-pyrrole nitrogens is 2. The van der Waals surface area contributed by atoms with E-state index in [1.165, 1.54) is 6.07 Å². The topological polar surface area (TPSA) is 99.3 Å². The molecule has 1 fully saturated rings. The third-order valence-corrected chi connectivity index (χ3v) is 7.38. The Hall–Kier alpha value is -4.37. The number of amides is 1. The van der Waals surface area contributed by atoms with Crippen molar-refractivity contribution >= 4 is 44.9 Å². The van der Waals surface area contributed by atoms with Crippen LogP contribution >= 0.6 is 11.3 Å². The second-order valence-electron chi connectivity index (χ2n) is 8.97. The maximum absolute atomic E-state index is 13.7. The van der Waals surface area contributed by atoms with Crippen LogP contribution in [-0.2, 0) is 4.79 Å². The lowest BCUT2D eigenvalue weighted by atomic mass is 10.0. The highest BCUT2D eigenvalue weighted by molar-refractivity contribution is 7.14. The number of carbonyl (C=O) groups excluding carboxylic acids is 1. The molecule has 176 valence electrons. The van der Waals surface area contributed by atoms with Crippen LogP contribution in [-0.4, -0.2) is 31.1 Å². The van der Waals surface area contributed by atoms with Gasteiger partial charge in [-0.2, -0.15) is 9.49 Å². The predicted octanol–water partition coefficient (Wildman–Crippen LogP) is 6.38. The number of thiophene rings is 1. The fourth-order valence-corrected chi connectivity index (χ4v) is 5.25. The molecule has 0 bridgehead atoms. The first-order chi connectivity index (χ1) is 17.6. The number of fused-ring (bicyclic) bond motifs is 2. The molecule has 36 heavy (non-hydrogen) atoms. The van der Waals surface area contributed by atoms with E-state index in [1.807, 2.05) is 30.3 Å². The van der Waals surface area contributed by atoms with Crippen LogP contribution in [0, 0.1) is 11.0 Å². The zero-order valence-corrected chi connectivity index (χ0v) is 19.7. The number of nitrogens with one attached hydrogen (secondary N) is 3. The summed E-state index contributed by atoms with van der Waals surface area (Å²) < 4.78 is 13.7. The third-order valence-electron chi connectivity index (χ3n) is 6.48. The summed E-state index contributed by atoms with van der Waals surface area (Å²) in [5, 5.41) is 12.3. The lowest BCUT2D eigenvalue weighted by Crippen LogP contribution is -2.13. The maximum Gasteiger partial charge on any atom is 0.227 e. The molecule has 0 saturated heterocycles. The van der Waals surface area contributed by atoms with Crippen LogP contribution in [0.2, 0.25) is 0 Å². The summed E-state index contributed by atoms with van der Waals surface area (Å²) in [5.41, 5.74) is 6.67. The molecule has 7 nitrogen and oxygen atoms in total. The highest BCUT2D eigenvalue weighted by Crippen LogP contribution is 2.37. The van der Waals surface area contributed by atoms with E-state index < -0.39 is 0 Å². The number of rotatable bonds is 5. The van der Waals surface area contributed by atoms with Gasteiger partial charge in [-0.1, -0.05) is 6.07 Å². The third kappa shape index (κ3) is 3.64. The molecule has 7 rings (SSSR count). The minimum atomic E-state index is -0.220. The van der Waals surface area contributed by atoms with E-state index in [0.717, 1.165) is 73.4 Å². The Morgan fingerprint density at radius 3 is 2.78 bits per heavy atom. The van der Waals surface area contributed by atoms with Gasteiger partial charge >= 0.3 is 0 Å². The van der Waals surface area contributed by atoms with E-state index in [4.69, 9.17) is 0 Å². The minimum absolute atomic E-state index is 0.0543. The van der Waals surface area contributed by atoms with E-state index in [2.05, 4.69) is 36.5 Å². The van der Waals surface area contributed by atoms with Crippen LogP contribution in [0.4, 0.5) is 10.1 Å². The highest BCUT2D eigenvalue weighted by Gasteiger charge is 2.29. The number of anilines is 1. The molecule has 1 amide bonds. The largest absolute Gasteiger partial charge is 0.338 e. The highest BCUT2D eigenvalue weighted by atomic mass is 32.1. The second-order valence-corrected chi connectivity index (χ2v) is 10.00. The number of nitrogens with zero attached hydrogens (tertiary/aromatic N) is 3. The van der Waals surface area contributed by atoms with E-state index >= 15 is 0 Å². The van der Waals surface area contributed by atoms with Crippen LogP contribution < -0.4 is 5.32 Å². The Kier molecular flexibility index (Phi) is 4.71. The average molecular weight is 495 g/mol. The summed E-state index contributed by atoms with van der Waals surface area (Å²) in [6, 6.07) is 15.2. The Morgan fingerprint density at radius 2 is 1.94 bits per heavy atom. The van der Waals surface area contributed by atoms with Crippen molar-refractivity contribution in [2.45, 2.75) is 12.8 Å². The Balaban J connectivity index is 1.28. The van der Waals surface area contributed by atoms with Gasteiger partial charge in [-0.05, 0) is 60.9 Å². The van der Waals surface area contributed by atoms with Gasteiger partial charge in [-0.15, -0.1) is 11.3 Å². The molecule has 5 aromatic heterocycles. The summed E-state index contributed by atoms with van der Waals surface area (Å²) in [4.78, 5) is 25.2. The van der Waals surface area contributed by atoms with Crippen LogP contribution in [0.1, 0.15) is 12.8 Å². The van der Waals surface area contributed by atoms with Gasteiger partial charge in [-0.3, -0.25) is 14.9 Å². The number of aromatic amines is 2. The first kappa shape index (κ1) is 21.0. The summed E-state index contributed by atoms with van der Waals surface area (Å²) in [7, 11) is 0. The maximum atomic E-state index is 13.7. The van der Waals surface area contributed by atoms with Gasteiger partial charge in [-0.25, -0.2) is 4.98 Å². The quantitative estimate of drug-likeness (QED) is 0.259. The zero-order valence-electron chi connectivity index (χ0n) is 18.9. The molecule has 1 aliphatic carbocycles. The number of halogens is 1. The molecule has 1 aliphatic rings. The molecule has 6 aromatic rings. The molecule has 9 heteroatoms. The molecule has 5 heterocycles. The van der Waals surface area contributed by atoms with Crippen molar-refractivity contribution in [1.82, 2.24) is 25.1 Å².